The normalized spacial score (nSPS) is 20.7. The molecule has 0 saturated carbocycles. The van der Waals surface area contributed by atoms with Crippen LogP contribution in [0.2, 0.25) is 0 Å². The van der Waals surface area contributed by atoms with Crippen molar-refractivity contribution in [3.8, 4) is 0 Å². The predicted octanol–water partition coefficient (Wildman–Crippen LogP) is 7.43. The molecule has 220 valence electrons. The number of nitrogens with zero attached hydrogens (tertiary/aromatic N) is 3. The Bertz CT molecular complexity index is 1360. The van der Waals surface area contributed by atoms with Crippen LogP contribution in [-0.4, -0.2) is 50.6 Å². The van der Waals surface area contributed by atoms with Crippen molar-refractivity contribution >= 4 is 17.4 Å². The summed E-state index contributed by atoms with van der Waals surface area (Å²) in [4.78, 5) is 36.1. The maximum absolute atomic E-state index is 13.8. The summed E-state index contributed by atoms with van der Waals surface area (Å²) >= 11 is 0. The predicted molar refractivity (Wildman–Crippen MR) is 168 cm³/mol. The fourth-order valence-corrected chi connectivity index (χ4v) is 5.84. The second-order valence-corrected chi connectivity index (χ2v) is 14.8. The highest BCUT2D eigenvalue weighted by atomic mass is 16.1. The zero-order valence-electron chi connectivity index (χ0n) is 26.6. The number of carbonyl (C=O) groups is 2. The highest BCUT2D eigenvalue weighted by Crippen LogP contribution is 2.48. The van der Waals surface area contributed by atoms with Crippen LogP contribution < -0.4 is 5.32 Å². The number of aromatic nitrogens is 1. The zero-order chi connectivity index (χ0) is 30.4. The molecule has 1 aromatic heterocycles. The summed E-state index contributed by atoms with van der Waals surface area (Å²) < 4.78 is 0. The van der Waals surface area contributed by atoms with E-state index in [9.17, 15) is 9.59 Å². The van der Waals surface area contributed by atoms with Gasteiger partial charge in [0.25, 0.3) is 5.91 Å². The molecule has 2 aliphatic rings. The Morgan fingerprint density at radius 3 is 2.10 bits per heavy atom. The molecular formula is C35H48N4O2. The number of rotatable bonds is 5. The van der Waals surface area contributed by atoms with Crippen molar-refractivity contribution < 1.29 is 9.59 Å². The van der Waals surface area contributed by atoms with Gasteiger partial charge in [0.05, 0.1) is 0 Å². The van der Waals surface area contributed by atoms with Gasteiger partial charge in [-0.25, -0.2) is 0 Å². The van der Waals surface area contributed by atoms with Gasteiger partial charge in [0, 0.05) is 82.7 Å². The van der Waals surface area contributed by atoms with Crippen LogP contribution in [0.5, 0.6) is 0 Å². The Kier molecular flexibility index (Phi) is 8.03. The Labute approximate surface area is 246 Å². The average molecular weight is 557 g/mol. The molecule has 1 aromatic carbocycles. The third-order valence-corrected chi connectivity index (χ3v) is 8.92. The quantitative estimate of drug-likeness (QED) is 0.388. The summed E-state index contributed by atoms with van der Waals surface area (Å²) in [5.74, 6) is -0.00414. The van der Waals surface area contributed by atoms with Crippen LogP contribution in [0.15, 0.2) is 72.3 Å². The standard InChI is InChI=1S/C35H48N4O2/c1-32(2,3)38-19-16-34(7,8)29(23-38)31(41)37-26-13-11-12-25(20-26)27-21-39(33(4,5)6)22-28(35(27,9)10)30(40)24-14-17-36-18-15-24/h11-15,17-18,20,22-23,27H,16,19,21H2,1-10H3,(H,37,41). The minimum atomic E-state index is -0.439. The number of hydrogen-bond donors (Lipinski definition) is 1. The van der Waals surface area contributed by atoms with E-state index < -0.39 is 5.41 Å². The molecule has 2 aliphatic heterocycles. The van der Waals surface area contributed by atoms with E-state index >= 15 is 0 Å². The minimum absolute atomic E-state index is 0.0238. The van der Waals surface area contributed by atoms with Crippen molar-refractivity contribution in [3.63, 3.8) is 0 Å². The van der Waals surface area contributed by atoms with Crippen molar-refractivity contribution in [2.24, 2.45) is 10.8 Å². The van der Waals surface area contributed by atoms with Gasteiger partial charge in [-0.2, -0.15) is 0 Å². The third-order valence-electron chi connectivity index (χ3n) is 8.92. The Balaban J connectivity index is 1.67. The number of Topliss-reactive ketones (excluding diaryl/α,β-unsaturated/α-hetero) is 1. The Morgan fingerprint density at radius 2 is 1.49 bits per heavy atom. The largest absolute Gasteiger partial charge is 0.372 e. The lowest BCUT2D eigenvalue weighted by Crippen LogP contribution is -2.48. The van der Waals surface area contributed by atoms with Crippen molar-refractivity contribution in [1.82, 2.24) is 14.8 Å². The Hall–Kier alpha value is -3.41. The monoisotopic (exact) mass is 556 g/mol. The topological polar surface area (TPSA) is 65.5 Å². The van der Waals surface area contributed by atoms with Gasteiger partial charge in [-0.3, -0.25) is 14.6 Å². The first-order valence-corrected chi connectivity index (χ1v) is 14.8. The first-order valence-electron chi connectivity index (χ1n) is 14.8. The van der Waals surface area contributed by atoms with Crippen molar-refractivity contribution in [1.29, 1.82) is 0 Å². The number of carbonyl (C=O) groups excluding carboxylic acids is 2. The molecule has 1 N–H and O–H groups in total. The van der Waals surface area contributed by atoms with Crippen LogP contribution >= 0.6 is 0 Å². The lowest BCUT2D eigenvalue weighted by molar-refractivity contribution is -0.114. The Morgan fingerprint density at radius 1 is 0.878 bits per heavy atom. The fourth-order valence-electron chi connectivity index (χ4n) is 5.84. The molecule has 3 heterocycles. The molecule has 4 rings (SSSR count). The number of ketones is 1. The smallest absolute Gasteiger partial charge is 0.253 e. The molecule has 0 fully saturated rings. The lowest BCUT2D eigenvalue weighted by Gasteiger charge is -2.48. The molecule has 0 spiro atoms. The second-order valence-electron chi connectivity index (χ2n) is 14.8. The molecule has 0 saturated heterocycles. The van der Waals surface area contributed by atoms with Crippen LogP contribution in [0.4, 0.5) is 5.69 Å². The maximum atomic E-state index is 13.8. The van der Waals surface area contributed by atoms with Gasteiger partial charge >= 0.3 is 0 Å². The highest BCUT2D eigenvalue weighted by molar-refractivity contribution is 6.09. The van der Waals surface area contributed by atoms with Gasteiger partial charge in [-0.05, 0) is 83.2 Å². The van der Waals surface area contributed by atoms with E-state index in [0.29, 0.717) is 5.56 Å². The number of benzene rings is 1. The van der Waals surface area contributed by atoms with Crippen molar-refractivity contribution in [2.75, 3.05) is 18.4 Å². The molecule has 6 heteroatoms. The summed E-state index contributed by atoms with van der Waals surface area (Å²) in [5, 5.41) is 3.21. The number of amides is 1. The van der Waals surface area contributed by atoms with Crippen LogP contribution in [0.1, 0.15) is 97.5 Å². The van der Waals surface area contributed by atoms with E-state index in [0.717, 1.165) is 41.9 Å². The SMILES string of the molecule is CC1(C)CCN(C(C)(C)C)C=C1C(=O)Nc1cccc(C2CN(C(C)(C)C)C=C(C(=O)c3ccncc3)C2(C)C)c1. The summed E-state index contributed by atoms with van der Waals surface area (Å²) in [6, 6.07) is 11.7. The van der Waals surface area contributed by atoms with Gasteiger partial charge in [-0.1, -0.05) is 39.8 Å². The third kappa shape index (κ3) is 6.42. The lowest BCUT2D eigenvalue weighted by atomic mass is 9.66. The molecule has 1 unspecified atom stereocenters. The van der Waals surface area contributed by atoms with Gasteiger partial charge in [-0.15, -0.1) is 0 Å². The molecule has 2 aromatic rings. The van der Waals surface area contributed by atoms with Crippen molar-refractivity contribution in [3.05, 3.63) is 83.5 Å². The van der Waals surface area contributed by atoms with Gasteiger partial charge < -0.3 is 15.1 Å². The number of anilines is 1. The van der Waals surface area contributed by atoms with Crippen LogP contribution in [0.25, 0.3) is 0 Å². The first-order chi connectivity index (χ1) is 18.9. The number of allylic oxidation sites excluding steroid dienone is 1. The van der Waals surface area contributed by atoms with Crippen molar-refractivity contribution in [2.45, 2.75) is 92.7 Å². The molecular weight excluding hydrogens is 508 g/mol. The first kappa shape index (κ1) is 30.5. The van der Waals surface area contributed by atoms with E-state index in [1.54, 1.807) is 24.5 Å². The van der Waals surface area contributed by atoms with E-state index in [1.807, 2.05) is 12.1 Å². The summed E-state index contributed by atoms with van der Waals surface area (Å²) in [5.41, 5.74) is 3.22. The zero-order valence-corrected chi connectivity index (χ0v) is 26.6. The molecule has 1 atom stereocenters. The summed E-state index contributed by atoms with van der Waals surface area (Å²) in [7, 11) is 0. The summed E-state index contributed by atoms with van der Waals surface area (Å²) in [6.07, 6.45) is 8.36. The minimum Gasteiger partial charge on any atom is -0.372 e. The average Bonchev–Trinajstić information content (AvgIpc) is 2.87. The molecule has 0 bridgehead atoms. The van der Waals surface area contributed by atoms with Gasteiger partial charge in [0.15, 0.2) is 5.78 Å². The molecule has 1 amide bonds. The van der Waals surface area contributed by atoms with E-state index in [1.165, 1.54) is 0 Å². The van der Waals surface area contributed by atoms with E-state index in [4.69, 9.17) is 0 Å². The van der Waals surface area contributed by atoms with Gasteiger partial charge in [0.2, 0.25) is 0 Å². The van der Waals surface area contributed by atoms with Crippen LogP contribution in [0, 0.1) is 10.8 Å². The molecule has 0 radical (unpaired) electrons. The van der Waals surface area contributed by atoms with Gasteiger partial charge in [0.1, 0.15) is 0 Å². The fraction of sp³-hybridized carbons (Fsp3) is 0.514. The van der Waals surface area contributed by atoms with Crippen LogP contribution in [-0.2, 0) is 4.79 Å². The summed E-state index contributed by atoms with van der Waals surface area (Å²) in [6.45, 7) is 23.3. The molecule has 6 nitrogen and oxygen atoms in total. The second kappa shape index (κ2) is 10.8. The number of pyridine rings is 1. The van der Waals surface area contributed by atoms with Crippen LogP contribution in [0.3, 0.4) is 0 Å². The van der Waals surface area contributed by atoms with E-state index in [2.05, 4.69) is 114 Å². The number of hydrogen-bond acceptors (Lipinski definition) is 5. The number of nitrogens with one attached hydrogen (secondary N) is 1. The van der Waals surface area contributed by atoms with E-state index in [-0.39, 0.29) is 34.1 Å². The highest BCUT2D eigenvalue weighted by Gasteiger charge is 2.44. The molecule has 0 aliphatic carbocycles. The molecule has 41 heavy (non-hydrogen) atoms. The maximum Gasteiger partial charge on any atom is 0.253 e.